The minimum absolute atomic E-state index is 0.149. The van der Waals surface area contributed by atoms with Crippen molar-refractivity contribution in [2.45, 2.75) is 32.9 Å². The average molecular weight is 395 g/mol. The molecule has 1 aliphatic rings. The van der Waals surface area contributed by atoms with Gasteiger partial charge in [0, 0.05) is 11.5 Å². The lowest BCUT2D eigenvalue weighted by Crippen LogP contribution is -2.30. The number of fused-ring (bicyclic) bond motifs is 2. The summed E-state index contributed by atoms with van der Waals surface area (Å²) in [5.74, 6) is -1.42. The van der Waals surface area contributed by atoms with Gasteiger partial charge in [0.05, 0.1) is 28.9 Å². The van der Waals surface area contributed by atoms with Crippen molar-refractivity contribution in [3.05, 3.63) is 65.1 Å². The molecule has 0 atom stereocenters. The van der Waals surface area contributed by atoms with E-state index >= 15 is 0 Å². The molecule has 8 heteroatoms. The quantitative estimate of drug-likeness (QED) is 0.617. The highest BCUT2D eigenvalue weighted by Crippen LogP contribution is 2.27. The van der Waals surface area contributed by atoms with Gasteiger partial charge in [-0.05, 0) is 45.0 Å². The lowest BCUT2D eigenvalue weighted by molar-refractivity contribution is 0.0522. The van der Waals surface area contributed by atoms with Gasteiger partial charge in [0.1, 0.15) is 11.4 Å². The number of aromatic nitrogens is 2. The van der Waals surface area contributed by atoms with Crippen LogP contribution in [0, 0.1) is 5.82 Å². The molecule has 2 aromatic carbocycles. The van der Waals surface area contributed by atoms with Crippen molar-refractivity contribution in [2.24, 2.45) is 0 Å². The van der Waals surface area contributed by atoms with E-state index in [0.29, 0.717) is 22.2 Å². The Bertz CT molecular complexity index is 1140. The van der Waals surface area contributed by atoms with Gasteiger partial charge in [-0.2, -0.15) is 9.78 Å². The van der Waals surface area contributed by atoms with Crippen LogP contribution in [-0.2, 0) is 11.3 Å². The Hall–Kier alpha value is -3.55. The van der Waals surface area contributed by atoms with E-state index in [9.17, 15) is 18.8 Å². The van der Waals surface area contributed by atoms with E-state index in [1.807, 2.05) is 0 Å². The number of hydrogen-bond donors (Lipinski definition) is 0. The van der Waals surface area contributed by atoms with Gasteiger partial charge in [-0.3, -0.25) is 14.5 Å². The number of nitrogens with zero attached hydrogens (tertiary/aromatic N) is 3. The highest BCUT2D eigenvalue weighted by Gasteiger charge is 2.36. The molecule has 0 radical (unpaired) electrons. The summed E-state index contributed by atoms with van der Waals surface area (Å²) in [5.41, 5.74) is 0.357. The maximum atomic E-state index is 13.8. The highest BCUT2D eigenvalue weighted by atomic mass is 19.1. The molecular weight excluding hydrogens is 377 g/mol. The molecule has 2 amide bonds. The Morgan fingerprint density at radius 1 is 1.07 bits per heavy atom. The lowest BCUT2D eigenvalue weighted by atomic mass is 10.1. The summed E-state index contributed by atoms with van der Waals surface area (Å²) in [6.45, 7) is 4.97. The number of carbonyl (C=O) groups excluding carboxylic acids is 3. The van der Waals surface area contributed by atoms with Crippen molar-refractivity contribution in [2.75, 3.05) is 0 Å². The molecule has 0 N–H and O–H groups in total. The predicted octanol–water partition coefficient (Wildman–Crippen LogP) is 3.75. The summed E-state index contributed by atoms with van der Waals surface area (Å²) in [6.07, 6.45) is -0.776. The van der Waals surface area contributed by atoms with E-state index < -0.39 is 29.3 Å². The van der Waals surface area contributed by atoms with Crippen molar-refractivity contribution < 1.29 is 23.5 Å². The van der Waals surface area contributed by atoms with Crippen LogP contribution in [0.2, 0.25) is 0 Å². The fraction of sp³-hybridized carbons (Fsp3) is 0.238. The first kappa shape index (κ1) is 18.8. The minimum Gasteiger partial charge on any atom is -0.442 e. The Morgan fingerprint density at radius 3 is 2.28 bits per heavy atom. The summed E-state index contributed by atoms with van der Waals surface area (Å²) in [5, 5.41) is 4.69. The number of carbonyl (C=O) groups is 3. The monoisotopic (exact) mass is 395 g/mol. The minimum atomic E-state index is -0.776. The molecule has 0 unspecified atom stereocenters. The molecule has 1 aliphatic heterocycles. The van der Waals surface area contributed by atoms with E-state index in [4.69, 9.17) is 4.74 Å². The van der Waals surface area contributed by atoms with E-state index in [0.717, 1.165) is 15.6 Å². The standard InChI is InChI=1S/C21H18FN3O4/c1-21(2,3)29-20(28)25-17-10-12(22)8-9-15(17)16(23-25)11-24-18(26)13-6-4-5-7-14(13)19(24)27/h4-10H,11H2,1-3H3. The molecule has 0 bridgehead atoms. The summed E-state index contributed by atoms with van der Waals surface area (Å²) in [6, 6.07) is 10.4. The average Bonchev–Trinajstić information content (AvgIpc) is 3.12. The van der Waals surface area contributed by atoms with Gasteiger partial charge in [-0.1, -0.05) is 12.1 Å². The third kappa shape index (κ3) is 3.26. The highest BCUT2D eigenvalue weighted by molar-refractivity contribution is 6.21. The zero-order valence-corrected chi connectivity index (χ0v) is 16.1. The smallest absolute Gasteiger partial charge is 0.435 e. The largest absolute Gasteiger partial charge is 0.442 e. The topological polar surface area (TPSA) is 81.5 Å². The predicted molar refractivity (Wildman–Crippen MR) is 102 cm³/mol. The van der Waals surface area contributed by atoms with Gasteiger partial charge in [0.2, 0.25) is 0 Å². The van der Waals surface area contributed by atoms with Crippen molar-refractivity contribution in [1.29, 1.82) is 0 Å². The van der Waals surface area contributed by atoms with Crippen LogP contribution in [0.1, 0.15) is 47.2 Å². The van der Waals surface area contributed by atoms with E-state index in [1.54, 1.807) is 45.0 Å². The summed E-state index contributed by atoms with van der Waals surface area (Å²) in [7, 11) is 0. The van der Waals surface area contributed by atoms with Gasteiger partial charge < -0.3 is 4.74 Å². The molecule has 4 rings (SSSR count). The first-order chi connectivity index (χ1) is 13.7. The number of imide groups is 1. The molecule has 1 aromatic heterocycles. The number of benzene rings is 2. The molecule has 0 fully saturated rings. The summed E-state index contributed by atoms with van der Waals surface area (Å²) < 4.78 is 20.1. The van der Waals surface area contributed by atoms with Crippen LogP contribution in [0.5, 0.6) is 0 Å². The van der Waals surface area contributed by atoms with Gasteiger partial charge >= 0.3 is 6.09 Å². The van der Waals surface area contributed by atoms with Crippen LogP contribution >= 0.6 is 0 Å². The van der Waals surface area contributed by atoms with E-state index in [-0.39, 0.29) is 12.1 Å². The first-order valence-electron chi connectivity index (χ1n) is 9.01. The molecule has 0 saturated heterocycles. The molecule has 0 spiro atoms. The molecule has 2 heterocycles. The number of hydrogen-bond acceptors (Lipinski definition) is 5. The molecule has 0 saturated carbocycles. The van der Waals surface area contributed by atoms with Crippen LogP contribution in [0.25, 0.3) is 10.9 Å². The molecular formula is C21H18FN3O4. The Morgan fingerprint density at radius 2 is 1.69 bits per heavy atom. The van der Waals surface area contributed by atoms with Gasteiger partial charge in [0.25, 0.3) is 11.8 Å². The van der Waals surface area contributed by atoms with E-state index in [2.05, 4.69) is 5.10 Å². The Labute approximate surface area is 165 Å². The maximum absolute atomic E-state index is 13.8. The number of rotatable bonds is 2. The second kappa shape index (κ2) is 6.51. The number of halogens is 1. The molecule has 3 aromatic rings. The van der Waals surface area contributed by atoms with Crippen LogP contribution in [0.3, 0.4) is 0 Å². The van der Waals surface area contributed by atoms with Gasteiger partial charge in [-0.25, -0.2) is 9.18 Å². The third-order valence-electron chi connectivity index (χ3n) is 4.47. The van der Waals surface area contributed by atoms with Crippen molar-refractivity contribution >= 4 is 28.8 Å². The van der Waals surface area contributed by atoms with Crippen molar-refractivity contribution in [1.82, 2.24) is 14.7 Å². The van der Waals surface area contributed by atoms with E-state index in [1.165, 1.54) is 12.1 Å². The van der Waals surface area contributed by atoms with Crippen LogP contribution in [0.4, 0.5) is 9.18 Å². The van der Waals surface area contributed by atoms with Crippen molar-refractivity contribution in [3.8, 4) is 0 Å². The second-order valence-electron chi connectivity index (χ2n) is 7.74. The summed E-state index contributed by atoms with van der Waals surface area (Å²) in [4.78, 5) is 38.9. The molecule has 29 heavy (non-hydrogen) atoms. The molecule has 0 aliphatic carbocycles. The Kier molecular flexibility index (Phi) is 4.22. The van der Waals surface area contributed by atoms with Gasteiger partial charge in [0.15, 0.2) is 0 Å². The number of ether oxygens (including phenoxy) is 1. The van der Waals surface area contributed by atoms with Gasteiger partial charge in [-0.15, -0.1) is 0 Å². The fourth-order valence-electron chi connectivity index (χ4n) is 3.25. The normalized spacial score (nSPS) is 13.9. The fourth-order valence-corrected chi connectivity index (χ4v) is 3.25. The molecule has 148 valence electrons. The van der Waals surface area contributed by atoms with Crippen LogP contribution < -0.4 is 0 Å². The zero-order valence-electron chi connectivity index (χ0n) is 16.1. The van der Waals surface area contributed by atoms with Crippen LogP contribution in [0.15, 0.2) is 42.5 Å². The number of amides is 2. The third-order valence-corrected chi connectivity index (χ3v) is 4.47. The SMILES string of the molecule is CC(C)(C)OC(=O)n1nc(CN2C(=O)c3ccccc3C2=O)c2ccc(F)cc21. The maximum Gasteiger partial charge on any atom is 0.435 e. The summed E-state index contributed by atoms with van der Waals surface area (Å²) >= 11 is 0. The molecule has 7 nitrogen and oxygen atoms in total. The Balaban J connectivity index is 1.75. The van der Waals surface area contributed by atoms with Crippen molar-refractivity contribution in [3.63, 3.8) is 0 Å². The second-order valence-corrected chi connectivity index (χ2v) is 7.74. The van der Waals surface area contributed by atoms with Crippen LogP contribution in [-0.4, -0.2) is 38.2 Å². The lowest BCUT2D eigenvalue weighted by Gasteiger charge is -2.19. The first-order valence-corrected chi connectivity index (χ1v) is 9.01. The zero-order chi connectivity index (χ0) is 20.9.